The van der Waals surface area contributed by atoms with E-state index < -0.39 is 38.2 Å². The maximum atomic E-state index is 15.0. The zero-order chi connectivity index (χ0) is 44.0. The number of Topliss-reactive ketones (excluding diaryl/α,β-unsaturated/α-hetero) is 1. The number of ether oxygens (including phenoxy) is 3. The second kappa shape index (κ2) is 17.3. The first-order valence-corrected chi connectivity index (χ1v) is 24.1. The van der Waals surface area contributed by atoms with Crippen LogP contribution in [0, 0.1) is 18.3 Å². The van der Waals surface area contributed by atoms with Crippen LogP contribution in [0.5, 0.6) is 17.2 Å². The van der Waals surface area contributed by atoms with Crippen LogP contribution in [0.4, 0.5) is 4.79 Å². The number of hydrogen-bond acceptors (Lipinski definition) is 11. The fourth-order valence-corrected chi connectivity index (χ4v) is 11.1. The lowest BCUT2D eigenvalue weighted by atomic mass is 9.91. The van der Waals surface area contributed by atoms with Crippen molar-refractivity contribution in [3.63, 3.8) is 0 Å². The number of allylic oxidation sites excluding steroid dienone is 2. The van der Waals surface area contributed by atoms with Crippen LogP contribution < -0.4 is 18.9 Å². The molecule has 1 N–H and O–H groups in total. The summed E-state index contributed by atoms with van der Waals surface area (Å²) in [4.78, 5) is 57.4. The van der Waals surface area contributed by atoms with E-state index in [-0.39, 0.29) is 43.0 Å². The zero-order valence-electron chi connectivity index (χ0n) is 36.4. The Labute approximate surface area is 368 Å². The SMILES string of the molecule is COc1ccc(CN2CCCCC/C=C\[C@@H]3C[C@@]3(C(=O)NS(=O)(=O)C3(C)CC3)CC(=O)[C@@H]3C[C@@H](Oc4cc(-c5nc(C(C)C)cs5)nc5c(C)c(OC)ccc45)CN3C2=O)cc1. The van der Waals surface area contributed by atoms with Crippen molar-refractivity contribution in [3.8, 4) is 28.0 Å². The molecule has 330 valence electrons. The van der Waals surface area contributed by atoms with Crippen molar-refractivity contribution >= 4 is 50.0 Å². The fourth-order valence-electron chi connectivity index (χ4n) is 8.78. The third-order valence-corrected chi connectivity index (χ3v) is 16.3. The van der Waals surface area contributed by atoms with Crippen LogP contribution in [-0.2, 0) is 26.2 Å². The molecule has 2 aliphatic heterocycles. The molecule has 2 aliphatic carbocycles. The number of nitrogens with one attached hydrogen (secondary N) is 1. The van der Waals surface area contributed by atoms with Gasteiger partial charge in [0.05, 0.1) is 48.2 Å². The highest BCUT2D eigenvalue weighted by Gasteiger charge is 2.62. The number of benzene rings is 2. The van der Waals surface area contributed by atoms with Crippen molar-refractivity contribution in [2.24, 2.45) is 11.3 Å². The Morgan fingerprint density at radius 2 is 1.79 bits per heavy atom. The number of amides is 3. The van der Waals surface area contributed by atoms with E-state index in [1.165, 1.54) is 11.3 Å². The van der Waals surface area contributed by atoms with Gasteiger partial charge in [-0.2, -0.15) is 0 Å². The fraction of sp³-hybridized carbons (Fsp3) is 0.511. The largest absolute Gasteiger partial charge is 0.497 e. The summed E-state index contributed by atoms with van der Waals surface area (Å²) in [5.41, 5.74) is 2.82. The van der Waals surface area contributed by atoms with Gasteiger partial charge in [-0.25, -0.2) is 23.2 Å². The third kappa shape index (κ3) is 8.66. The molecular weight excluding hydrogens is 827 g/mol. The average molecular weight is 884 g/mol. The van der Waals surface area contributed by atoms with Crippen LogP contribution in [0.25, 0.3) is 21.6 Å². The Morgan fingerprint density at radius 1 is 1.02 bits per heavy atom. The molecule has 8 rings (SSSR count). The summed E-state index contributed by atoms with van der Waals surface area (Å²) in [5, 5.41) is 3.54. The molecule has 1 saturated heterocycles. The van der Waals surface area contributed by atoms with Gasteiger partial charge in [-0.15, -0.1) is 11.3 Å². The number of pyridine rings is 1. The highest BCUT2D eigenvalue weighted by molar-refractivity contribution is 7.91. The first kappa shape index (κ1) is 43.6. The molecule has 3 amide bonds. The molecule has 3 fully saturated rings. The number of urea groups is 1. The van der Waals surface area contributed by atoms with E-state index in [9.17, 15) is 22.8 Å². The van der Waals surface area contributed by atoms with Gasteiger partial charge in [0.1, 0.15) is 34.1 Å². The topological polar surface area (TPSA) is 157 Å². The van der Waals surface area contributed by atoms with E-state index in [2.05, 4.69) is 18.6 Å². The molecule has 4 aromatic rings. The standard InChI is InChI=1S/C47H57N5O8S2/c1-29(2)37-28-61-43(49-37)36-23-41(35-17-18-40(59-6)30(3)42(35)48-36)60-34-22-38-39(53)25-47(44(54)50-62(56,57)46(4)19-20-46)24-32(47)12-10-8-7-9-11-21-51(45(55)52(38)27-34)26-31-13-15-33(58-5)16-14-31/h10,12-18,23,28-29,32,34,38H,7-9,11,19-22,24-27H2,1-6H3,(H,50,54)/b12-10-/t32-,34-,38+,47-/m1/s1. The summed E-state index contributed by atoms with van der Waals surface area (Å²) in [5.74, 6) is 0.928. The van der Waals surface area contributed by atoms with Gasteiger partial charge in [-0.05, 0) is 94.0 Å². The number of aromatic nitrogens is 2. The number of thiazole rings is 1. The van der Waals surface area contributed by atoms with E-state index in [4.69, 9.17) is 24.2 Å². The lowest BCUT2D eigenvalue weighted by Gasteiger charge is -2.32. The molecule has 4 atom stereocenters. The van der Waals surface area contributed by atoms with Gasteiger partial charge >= 0.3 is 6.03 Å². The van der Waals surface area contributed by atoms with Gasteiger partial charge in [-0.3, -0.25) is 14.3 Å². The molecule has 2 aromatic carbocycles. The van der Waals surface area contributed by atoms with Gasteiger partial charge in [0.25, 0.3) is 0 Å². The summed E-state index contributed by atoms with van der Waals surface area (Å²) in [6.45, 7) is 8.70. The predicted octanol–water partition coefficient (Wildman–Crippen LogP) is 8.35. The summed E-state index contributed by atoms with van der Waals surface area (Å²) in [6.07, 6.45) is 7.99. The number of nitrogens with zero attached hydrogens (tertiary/aromatic N) is 4. The molecule has 0 bridgehead atoms. The van der Waals surface area contributed by atoms with Crippen molar-refractivity contribution in [1.82, 2.24) is 24.5 Å². The quantitative estimate of drug-likeness (QED) is 0.145. The van der Waals surface area contributed by atoms with E-state index in [0.717, 1.165) is 52.9 Å². The normalized spacial score (nSPS) is 24.5. The van der Waals surface area contributed by atoms with Crippen molar-refractivity contribution < 1.29 is 37.0 Å². The van der Waals surface area contributed by atoms with Gasteiger partial charge in [0.2, 0.25) is 15.9 Å². The molecular formula is C47H57N5O8S2. The lowest BCUT2D eigenvalue weighted by Crippen LogP contribution is -2.49. The van der Waals surface area contributed by atoms with Crippen molar-refractivity contribution in [1.29, 1.82) is 0 Å². The van der Waals surface area contributed by atoms with E-state index in [0.29, 0.717) is 60.8 Å². The molecule has 2 aromatic heterocycles. The highest BCUT2D eigenvalue weighted by atomic mass is 32.2. The molecule has 4 aliphatic rings. The minimum Gasteiger partial charge on any atom is -0.497 e. The highest BCUT2D eigenvalue weighted by Crippen LogP contribution is 2.57. The molecule has 13 nitrogen and oxygen atoms in total. The lowest BCUT2D eigenvalue weighted by molar-refractivity contribution is -0.131. The van der Waals surface area contributed by atoms with E-state index in [1.807, 2.05) is 66.9 Å². The number of sulfonamides is 1. The first-order chi connectivity index (χ1) is 29.6. The minimum atomic E-state index is -3.94. The zero-order valence-corrected chi connectivity index (χ0v) is 38.1. The smallest absolute Gasteiger partial charge is 0.321 e. The summed E-state index contributed by atoms with van der Waals surface area (Å²) < 4.78 is 46.0. The third-order valence-electron chi connectivity index (χ3n) is 13.2. The number of aryl methyl sites for hydroxylation is 1. The second-order valence-corrected chi connectivity index (χ2v) is 21.0. The van der Waals surface area contributed by atoms with Gasteiger partial charge < -0.3 is 24.0 Å². The predicted molar refractivity (Wildman–Crippen MR) is 239 cm³/mol. The Balaban J connectivity index is 1.15. The monoisotopic (exact) mass is 883 g/mol. The Kier molecular flexibility index (Phi) is 12.2. The molecule has 62 heavy (non-hydrogen) atoms. The number of fused-ring (bicyclic) bond motifs is 3. The number of carbonyl (C=O) groups is 3. The van der Waals surface area contributed by atoms with Crippen molar-refractivity contribution in [2.75, 3.05) is 27.3 Å². The molecule has 0 unspecified atom stereocenters. The molecule has 0 radical (unpaired) electrons. The van der Waals surface area contributed by atoms with Crippen LogP contribution in [0.15, 0.2) is 60.0 Å². The number of methoxy groups -OCH3 is 2. The van der Waals surface area contributed by atoms with Crippen LogP contribution in [0.3, 0.4) is 0 Å². The van der Waals surface area contributed by atoms with Crippen molar-refractivity contribution in [2.45, 2.75) is 115 Å². The number of rotatable bonds is 11. The van der Waals surface area contributed by atoms with Gasteiger partial charge in [0, 0.05) is 48.3 Å². The van der Waals surface area contributed by atoms with E-state index >= 15 is 0 Å². The molecule has 0 spiro atoms. The minimum absolute atomic E-state index is 0.118. The average Bonchev–Trinajstić information content (AvgIpc) is 4.02. The Morgan fingerprint density at radius 3 is 2.48 bits per heavy atom. The summed E-state index contributed by atoms with van der Waals surface area (Å²) in [7, 11) is -0.712. The Bertz CT molecular complexity index is 2500. The number of ketones is 1. The first-order valence-electron chi connectivity index (χ1n) is 21.7. The molecule has 2 saturated carbocycles. The van der Waals surface area contributed by atoms with Gasteiger partial charge in [-0.1, -0.05) is 44.6 Å². The Hall–Kier alpha value is -5.02. The molecule has 15 heteroatoms. The van der Waals surface area contributed by atoms with Crippen molar-refractivity contribution in [3.05, 3.63) is 76.8 Å². The molecule has 4 heterocycles. The maximum Gasteiger partial charge on any atom is 0.321 e. The van der Waals surface area contributed by atoms with Gasteiger partial charge in [0.15, 0.2) is 5.78 Å². The number of hydrogen-bond donors (Lipinski definition) is 1. The summed E-state index contributed by atoms with van der Waals surface area (Å²) in [6, 6.07) is 12.1. The van der Waals surface area contributed by atoms with E-state index in [1.54, 1.807) is 30.9 Å². The van der Waals surface area contributed by atoms with Crippen LogP contribution in [0.2, 0.25) is 0 Å². The van der Waals surface area contributed by atoms with Crippen LogP contribution in [-0.4, -0.2) is 90.1 Å². The number of carbonyl (C=O) groups excluding carboxylic acids is 3. The van der Waals surface area contributed by atoms with Crippen LogP contribution >= 0.6 is 11.3 Å². The second-order valence-electron chi connectivity index (χ2n) is 18.0. The summed E-state index contributed by atoms with van der Waals surface area (Å²) >= 11 is 1.51. The maximum absolute atomic E-state index is 15.0. The van der Waals surface area contributed by atoms with Crippen LogP contribution in [0.1, 0.15) is 101 Å².